The Labute approximate surface area is 113 Å². The predicted octanol–water partition coefficient (Wildman–Crippen LogP) is 4.82. The highest BCUT2D eigenvalue weighted by Crippen LogP contribution is 2.26. The van der Waals surface area contributed by atoms with E-state index in [0.717, 1.165) is 5.75 Å². The van der Waals surface area contributed by atoms with Gasteiger partial charge in [0.05, 0.1) is 5.02 Å². The average Bonchev–Trinajstić information content (AvgIpc) is 2.32. The van der Waals surface area contributed by atoms with Crippen molar-refractivity contribution in [3.63, 3.8) is 0 Å². The van der Waals surface area contributed by atoms with Crippen molar-refractivity contribution < 1.29 is 4.74 Å². The van der Waals surface area contributed by atoms with Crippen molar-refractivity contribution >= 4 is 11.6 Å². The molecule has 0 amide bonds. The van der Waals surface area contributed by atoms with Crippen molar-refractivity contribution in [3.05, 3.63) is 53.2 Å². The average molecular weight is 262 g/mol. The number of aromatic nitrogens is 1. The molecule has 3 heteroatoms. The van der Waals surface area contributed by atoms with E-state index in [1.54, 1.807) is 18.3 Å². The van der Waals surface area contributed by atoms with Gasteiger partial charge in [0.25, 0.3) is 0 Å². The summed E-state index contributed by atoms with van der Waals surface area (Å²) in [5, 5.41) is 0.602. The number of hydrogen-bond acceptors (Lipinski definition) is 2. The highest BCUT2D eigenvalue weighted by atomic mass is 35.5. The molecule has 0 aliphatic heterocycles. The van der Waals surface area contributed by atoms with Gasteiger partial charge in [0.1, 0.15) is 5.75 Å². The summed E-state index contributed by atoms with van der Waals surface area (Å²) in [6.07, 6.45) is 1.57. The monoisotopic (exact) mass is 261 g/mol. The second-order valence-electron chi connectivity index (χ2n) is 5.19. The maximum Gasteiger partial charge on any atom is 0.219 e. The van der Waals surface area contributed by atoms with Crippen LogP contribution in [0, 0.1) is 0 Å². The molecule has 0 radical (unpaired) electrons. The lowest BCUT2D eigenvalue weighted by molar-refractivity contribution is 0.462. The van der Waals surface area contributed by atoms with Gasteiger partial charge in [0.15, 0.2) is 0 Å². The van der Waals surface area contributed by atoms with Crippen molar-refractivity contribution in [3.8, 4) is 11.6 Å². The molecule has 1 aromatic heterocycles. The van der Waals surface area contributed by atoms with Crippen LogP contribution in [0.3, 0.4) is 0 Å². The van der Waals surface area contributed by atoms with E-state index in [1.165, 1.54) is 5.56 Å². The van der Waals surface area contributed by atoms with Crippen molar-refractivity contribution in [2.75, 3.05) is 0 Å². The third-order valence-electron chi connectivity index (χ3n) is 2.64. The predicted molar refractivity (Wildman–Crippen MR) is 74.5 cm³/mol. The molecule has 2 rings (SSSR count). The summed E-state index contributed by atoms with van der Waals surface area (Å²) in [7, 11) is 0. The van der Waals surface area contributed by atoms with Gasteiger partial charge in [-0.15, -0.1) is 0 Å². The molecule has 0 saturated heterocycles. The number of pyridine rings is 1. The maximum atomic E-state index is 5.77. The van der Waals surface area contributed by atoms with E-state index in [2.05, 4.69) is 37.9 Å². The van der Waals surface area contributed by atoms with E-state index in [0.29, 0.717) is 10.9 Å². The van der Waals surface area contributed by atoms with Gasteiger partial charge in [-0.05, 0) is 29.2 Å². The smallest absolute Gasteiger partial charge is 0.219 e. The van der Waals surface area contributed by atoms with E-state index in [4.69, 9.17) is 16.3 Å². The molecule has 1 aromatic carbocycles. The second kappa shape index (κ2) is 4.99. The Balaban J connectivity index is 2.13. The molecular weight excluding hydrogens is 246 g/mol. The van der Waals surface area contributed by atoms with Gasteiger partial charge in [-0.3, -0.25) is 0 Å². The first-order chi connectivity index (χ1) is 8.45. The van der Waals surface area contributed by atoms with E-state index < -0.39 is 0 Å². The first-order valence-corrected chi connectivity index (χ1v) is 6.23. The van der Waals surface area contributed by atoms with E-state index in [-0.39, 0.29) is 5.41 Å². The fourth-order valence-electron chi connectivity index (χ4n) is 1.57. The molecule has 2 nitrogen and oxygen atoms in total. The van der Waals surface area contributed by atoms with Gasteiger partial charge in [0, 0.05) is 12.3 Å². The number of ether oxygens (including phenoxy) is 1. The van der Waals surface area contributed by atoms with Crippen LogP contribution in [-0.2, 0) is 5.41 Å². The highest BCUT2D eigenvalue weighted by molar-refractivity contribution is 6.30. The lowest BCUT2D eigenvalue weighted by Gasteiger charge is -2.19. The Bertz CT molecular complexity index is 512. The number of halogens is 1. The molecule has 18 heavy (non-hydrogen) atoms. The Kier molecular flexibility index (Phi) is 3.58. The van der Waals surface area contributed by atoms with Gasteiger partial charge in [-0.25, -0.2) is 4.98 Å². The van der Waals surface area contributed by atoms with Crippen LogP contribution in [-0.4, -0.2) is 4.98 Å². The third-order valence-corrected chi connectivity index (χ3v) is 2.87. The molecule has 0 fully saturated rings. The molecule has 94 valence electrons. The summed E-state index contributed by atoms with van der Waals surface area (Å²) in [4.78, 5) is 4.09. The minimum atomic E-state index is 0.150. The van der Waals surface area contributed by atoms with Gasteiger partial charge in [0.2, 0.25) is 5.88 Å². The van der Waals surface area contributed by atoms with E-state index >= 15 is 0 Å². The summed E-state index contributed by atoms with van der Waals surface area (Å²) < 4.78 is 5.63. The Morgan fingerprint density at radius 3 is 2.17 bits per heavy atom. The Morgan fingerprint density at radius 1 is 1.00 bits per heavy atom. The normalized spacial score (nSPS) is 11.3. The molecular formula is C15H16ClNO. The summed E-state index contributed by atoms with van der Waals surface area (Å²) >= 11 is 5.77. The summed E-state index contributed by atoms with van der Waals surface area (Å²) in [5.74, 6) is 1.32. The van der Waals surface area contributed by atoms with Crippen molar-refractivity contribution in [1.29, 1.82) is 0 Å². The lowest BCUT2D eigenvalue weighted by Crippen LogP contribution is -2.10. The summed E-state index contributed by atoms with van der Waals surface area (Å²) in [5.41, 5.74) is 1.43. The van der Waals surface area contributed by atoms with Crippen molar-refractivity contribution in [2.45, 2.75) is 26.2 Å². The largest absolute Gasteiger partial charge is 0.439 e. The topological polar surface area (TPSA) is 22.1 Å². The maximum absolute atomic E-state index is 5.77. The van der Waals surface area contributed by atoms with Crippen molar-refractivity contribution in [1.82, 2.24) is 4.98 Å². The van der Waals surface area contributed by atoms with E-state index in [9.17, 15) is 0 Å². The first kappa shape index (κ1) is 12.9. The number of nitrogens with zero attached hydrogens (tertiary/aromatic N) is 1. The second-order valence-corrected chi connectivity index (χ2v) is 5.63. The number of benzene rings is 1. The first-order valence-electron chi connectivity index (χ1n) is 5.85. The zero-order chi connectivity index (χ0) is 13.2. The van der Waals surface area contributed by atoms with Crippen LogP contribution in [0.2, 0.25) is 5.02 Å². The van der Waals surface area contributed by atoms with Crippen LogP contribution in [0.5, 0.6) is 11.6 Å². The SMILES string of the molecule is CC(C)(C)c1ccc(Oc2ccc(Cl)cn2)cc1. The van der Waals surface area contributed by atoms with Gasteiger partial charge in [-0.1, -0.05) is 44.5 Å². The minimum absolute atomic E-state index is 0.150. The molecule has 0 N–H and O–H groups in total. The number of hydrogen-bond donors (Lipinski definition) is 0. The molecule has 0 bridgehead atoms. The van der Waals surface area contributed by atoms with Crippen LogP contribution in [0.4, 0.5) is 0 Å². The van der Waals surface area contributed by atoms with Gasteiger partial charge < -0.3 is 4.74 Å². The molecule has 1 heterocycles. The Hall–Kier alpha value is -1.54. The van der Waals surface area contributed by atoms with Crippen LogP contribution in [0.1, 0.15) is 26.3 Å². The molecule has 0 saturated carbocycles. The molecule has 0 aliphatic rings. The van der Waals surface area contributed by atoms with E-state index in [1.807, 2.05) is 12.1 Å². The molecule has 0 aliphatic carbocycles. The van der Waals surface area contributed by atoms with Gasteiger partial charge >= 0.3 is 0 Å². The Morgan fingerprint density at radius 2 is 1.67 bits per heavy atom. The van der Waals surface area contributed by atoms with Crippen molar-refractivity contribution in [2.24, 2.45) is 0 Å². The van der Waals surface area contributed by atoms with Crippen LogP contribution >= 0.6 is 11.6 Å². The number of rotatable bonds is 2. The minimum Gasteiger partial charge on any atom is -0.439 e. The highest BCUT2D eigenvalue weighted by Gasteiger charge is 2.13. The molecule has 0 spiro atoms. The quantitative estimate of drug-likeness (QED) is 0.773. The lowest BCUT2D eigenvalue weighted by atomic mass is 9.87. The molecule has 2 aromatic rings. The fraction of sp³-hybridized carbons (Fsp3) is 0.267. The zero-order valence-electron chi connectivity index (χ0n) is 10.8. The molecule has 0 unspecified atom stereocenters. The summed E-state index contributed by atoms with van der Waals surface area (Å²) in [6.45, 7) is 6.55. The third kappa shape index (κ3) is 3.23. The zero-order valence-corrected chi connectivity index (χ0v) is 11.5. The van der Waals surface area contributed by atoms with Crippen LogP contribution in [0.25, 0.3) is 0 Å². The summed E-state index contributed by atoms with van der Waals surface area (Å²) in [6, 6.07) is 11.6. The standard InChI is InChI=1S/C15H16ClNO/c1-15(2,3)11-4-7-13(8-5-11)18-14-9-6-12(16)10-17-14/h4-10H,1-3H3. The fourth-order valence-corrected chi connectivity index (χ4v) is 1.68. The van der Waals surface area contributed by atoms with Crippen LogP contribution in [0.15, 0.2) is 42.6 Å². The molecule has 0 atom stereocenters. The van der Waals surface area contributed by atoms with Gasteiger partial charge in [-0.2, -0.15) is 0 Å². The van der Waals surface area contributed by atoms with Crippen LogP contribution < -0.4 is 4.74 Å².